The average molecular weight is 497 g/mol. The largest absolute Gasteiger partial charge is 0.493 e. The maximum Gasteiger partial charge on any atom is 0.338 e. The summed E-state index contributed by atoms with van der Waals surface area (Å²) in [6.45, 7) is 7.41. The van der Waals surface area contributed by atoms with Crippen LogP contribution < -0.4 is 24.4 Å². The minimum atomic E-state index is -0.736. The monoisotopic (exact) mass is 496 g/mol. The van der Waals surface area contributed by atoms with E-state index < -0.39 is 12.0 Å². The van der Waals surface area contributed by atoms with Crippen molar-refractivity contribution < 1.29 is 19.0 Å². The number of thiophene rings is 1. The van der Waals surface area contributed by atoms with Crippen LogP contribution in [0.25, 0.3) is 6.08 Å². The van der Waals surface area contributed by atoms with E-state index in [1.165, 1.54) is 24.5 Å². The number of carbonyl (C=O) groups excluding carboxylic acids is 1. The molecule has 4 rings (SSSR count). The van der Waals surface area contributed by atoms with Gasteiger partial charge in [0, 0.05) is 4.88 Å². The molecule has 2 aromatic heterocycles. The van der Waals surface area contributed by atoms with Crippen molar-refractivity contribution in [2.24, 2.45) is 4.99 Å². The van der Waals surface area contributed by atoms with E-state index in [4.69, 9.17) is 14.2 Å². The van der Waals surface area contributed by atoms with Crippen LogP contribution in [0, 0.1) is 6.92 Å². The third-order valence-corrected chi connectivity index (χ3v) is 7.41. The first-order valence-electron chi connectivity index (χ1n) is 10.5. The molecule has 9 heteroatoms. The molecule has 176 valence electrons. The average Bonchev–Trinajstić information content (AvgIpc) is 3.38. The second-order valence-corrected chi connectivity index (χ2v) is 9.51. The molecule has 0 fully saturated rings. The van der Waals surface area contributed by atoms with Gasteiger partial charge in [0.1, 0.15) is 6.61 Å². The zero-order valence-electron chi connectivity index (χ0n) is 19.3. The van der Waals surface area contributed by atoms with Crippen LogP contribution in [-0.4, -0.2) is 31.4 Å². The van der Waals surface area contributed by atoms with E-state index in [2.05, 4.69) is 11.6 Å². The van der Waals surface area contributed by atoms with E-state index in [-0.39, 0.29) is 12.2 Å². The number of aryl methyl sites for hydroxylation is 1. The summed E-state index contributed by atoms with van der Waals surface area (Å²) in [5.74, 6) is 0.484. The summed E-state index contributed by atoms with van der Waals surface area (Å²) < 4.78 is 18.3. The molecular formula is C25H24N2O5S2. The first kappa shape index (κ1) is 23.7. The van der Waals surface area contributed by atoms with Crippen molar-refractivity contribution in [2.75, 3.05) is 20.8 Å². The van der Waals surface area contributed by atoms with Gasteiger partial charge < -0.3 is 14.2 Å². The van der Waals surface area contributed by atoms with Crippen molar-refractivity contribution >= 4 is 34.7 Å². The lowest BCUT2D eigenvalue weighted by Crippen LogP contribution is -2.40. The standard InChI is InChI=1S/C25H24N2O5S2/c1-6-10-32-24(29)21-15(3)26-25-27(22(21)16-7-8-17(30-4)18(12-16)31-5)23(28)20(34-25)13-19-14(2)9-11-33-19/h6-9,11-13,22H,1,10H2,2-5H3/b20-13-/t22-/m1/s1. The van der Waals surface area contributed by atoms with Gasteiger partial charge in [-0.15, -0.1) is 11.3 Å². The van der Waals surface area contributed by atoms with Gasteiger partial charge in [0.05, 0.1) is 36.1 Å². The molecule has 3 heterocycles. The molecule has 7 nitrogen and oxygen atoms in total. The van der Waals surface area contributed by atoms with Gasteiger partial charge in [-0.05, 0) is 54.6 Å². The molecular weight excluding hydrogens is 472 g/mol. The fraction of sp³-hybridized carbons (Fsp3) is 0.240. The molecule has 0 N–H and O–H groups in total. The van der Waals surface area contributed by atoms with E-state index in [1.54, 1.807) is 42.1 Å². The van der Waals surface area contributed by atoms with Crippen LogP contribution in [0.5, 0.6) is 11.5 Å². The molecule has 1 aliphatic heterocycles. The van der Waals surface area contributed by atoms with Gasteiger partial charge in [0.2, 0.25) is 0 Å². The lowest BCUT2D eigenvalue weighted by molar-refractivity contribution is -0.138. The Morgan fingerprint density at radius 2 is 1.97 bits per heavy atom. The summed E-state index contributed by atoms with van der Waals surface area (Å²) in [5, 5.41) is 1.99. The van der Waals surface area contributed by atoms with Crippen LogP contribution in [-0.2, 0) is 9.53 Å². The van der Waals surface area contributed by atoms with Crippen molar-refractivity contribution in [3.63, 3.8) is 0 Å². The van der Waals surface area contributed by atoms with Crippen LogP contribution in [0.15, 0.2) is 63.4 Å². The molecule has 0 unspecified atom stereocenters. The number of methoxy groups -OCH3 is 2. The van der Waals surface area contributed by atoms with Gasteiger partial charge in [0.15, 0.2) is 16.3 Å². The minimum Gasteiger partial charge on any atom is -0.493 e. The molecule has 1 aromatic carbocycles. The first-order chi connectivity index (χ1) is 16.4. The molecule has 0 saturated heterocycles. The number of ether oxygens (including phenoxy) is 3. The highest BCUT2D eigenvalue weighted by molar-refractivity contribution is 7.11. The quantitative estimate of drug-likeness (QED) is 0.370. The number of allylic oxidation sites excluding steroid dienone is 1. The maximum absolute atomic E-state index is 13.6. The number of rotatable bonds is 7. The van der Waals surface area contributed by atoms with E-state index in [1.807, 2.05) is 30.5 Å². The molecule has 0 aliphatic carbocycles. The van der Waals surface area contributed by atoms with Gasteiger partial charge in [-0.2, -0.15) is 0 Å². The Hall–Kier alpha value is -3.43. The van der Waals surface area contributed by atoms with Crippen molar-refractivity contribution in [1.29, 1.82) is 0 Å². The third kappa shape index (κ3) is 4.24. The van der Waals surface area contributed by atoms with Crippen LogP contribution >= 0.6 is 22.7 Å². The number of benzene rings is 1. The highest BCUT2D eigenvalue weighted by atomic mass is 32.1. The van der Waals surface area contributed by atoms with Crippen molar-refractivity contribution in [1.82, 2.24) is 4.57 Å². The molecule has 0 amide bonds. The highest BCUT2D eigenvalue weighted by Crippen LogP contribution is 2.36. The number of carbonyl (C=O) groups is 1. The number of esters is 1. The maximum atomic E-state index is 13.6. The molecule has 1 atom stereocenters. The van der Waals surface area contributed by atoms with Crippen molar-refractivity contribution in [3.05, 3.63) is 89.3 Å². The third-order valence-electron chi connectivity index (χ3n) is 5.46. The second kappa shape index (κ2) is 9.82. The number of aromatic nitrogens is 1. The molecule has 0 bridgehead atoms. The SMILES string of the molecule is C=CCOC(=O)C1=C(C)N=c2s/c(=C\c3sccc3C)c(=O)n2[C@@H]1c1ccc(OC)c(OC)c1. The van der Waals surface area contributed by atoms with Gasteiger partial charge in [-0.1, -0.05) is 30.1 Å². The fourth-order valence-corrected chi connectivity index (χ4v) is 5.75. The Kier molecular flexibility index (Phi) is 6.85. The van der Waals surface area contributed by atoms with Crippen molar-refractivity contribution in [2.45, 2.75) is 19.9 Å². The van der Waals surface area contributed by atoms with Crippen LogP contribution in [0.4, 0.5) is 0 Å². The Bertz CT molecular complexity index is 1480. The molecule has 34 heavy (non-hydrogen) atoms. The molecule has 0 saturated carbocycles. The zero-order chi connectivity index (χ0) is 24.4. The summed E-state index contributed by atoms with van der Waals surface area (Å²) in [5.41, 5.74) is 2.33. The van der Waals surface area contributed by atoms with E-state index in [0.29, 0.717) is 37.7 Å². The van der Waals surface area contributed by atoms with Crippen LogP contribution in [0.2, 0.25) is 0 Å². The Morgan fingerprint density at radius 1 is 1.21 bits per heavy atom. The van der Waals surface area contributed by atoms with Gasteiger partial charge in [-0.25, -0.2) is 9.79 Å². The Labute approximate surface area is 204 Å². The molecule has 0 radical (unpaired) electrons. The predicted octanol–water partition coefficient (Wildman–Crippen LogP) is 3.35. The summed E-state index contributed by atoms with van der Waals surface area (Å²) in [7, 11) is 3.09. The number of hydrogen-bond acceptors (Lipinski definition) is 8. The summed E-state index contributed by atoms with van der Waals surface area (Å²) in [6, 6.07) is 6.61. The normalized spacial score (nSPS) is 15.5. The lowest BCUT2D eigenvalue weighted by atomic mass is 9.95. The number of fused-ring (bicyclic) bond motifs is 1. The fourth-order valence-electron chi connectivity index (χ4n) is 3.78. The van der Waals surface area contributed by atoms with Gasteiger partial charge in [0.25, 0.3) is 5.56 Å². The summed E-state index contributed by atoms with van der Waals surface area (Å²) in [4.78, 5) is 32.9. The number of nitrogens with zero attached hydrogens (tertiary/aromatic N) is 2. The topological polar surface area (TPSA) is 79.1 Å². The zero-order valence-corrected chi connectivity index (χ0v) is 20.9. The molecule has 3 aromatic rings. The Balaban J connectivity index is 1.97. The van der Waals surface area contributed by atoms with E-state index in [0.717, 1.165) is 10.4 Å². The number of thiazole rings is 1. The van der Waals surface area contributed by atoms with Crippen LogP contribution in [0.3, 0.4) is 0 Å². The summed E-state index contributed by atoms with van der Waals surface area (Å²) in [6.07, 6.45) is 3.38. The highest BCUT2D eigenvalue weighted by Gasteiger charge is 2.34. The van der Waals surface area contributed by atoms with Crippen molar-refractivity contribution in [3.8, 4) is 11.5 Å². The summed E-state index contributed by atoms with van der Waals surface area (Å²) >= 11 is 2.87. The number of hydrogen-bond donors (Lipinski definition) is 0. The molecule has 1 aliphatic rings. The predicted molar refractivity (Wildman–Crippen MR) is 134 cm³/mol. The van der Waals surface area contributed by atoms with Crippen LogP contribution in [0.1, 0.15) is 29.0 Å². The van der Waals surface area contributed by atoms with E-state index in [9.17, 15) is 9.59 Å². The lowest BCUT2D eigenvalue weighted by Gasteiger charge is -2.25. The smallest absolute Gasteiger partial charge is 0.338 e. The first-order valence-corrected chi connectivity index (χ1v) is 12.2. The molecule has 0 spiro atoms. The van der Waals surface area contributed by atoms with Gasteiger partial charge >= 0.3 is 5.97 Å². The van der Waals surface area contributed by atoms with E-state index >= 15 is 0 Å². The van der Waals surface area contributed by atoms with Gasteiger partial charge in [-0.3, -0.25) is 9.36 Å². The second-order valence-electron chi connectivity index (χ2n) is 7.55. The Morgan fingerprint density at radius 3 is 2.62 bits per heavy atom. The minimum absolute atomic E-state index is 0.0519.